The van der Waals surface area contributed by atoms with Gasteiger partial charge in [-0.25, -0.2) is 9.59 Å². The standard InChI is InChI=1S/C47H36N12O15S3/c1-25-41(57-56-37-19-18-34(75(66,67)68)24-35(37)43(62)63)42(61)59(58-25)33-17-10-27(40(23-33)77(72,73)74)8-7-26-9-11-31(22-39(26)76(69,70)71)50-47-52-45(48-28-5-3-2-4-6-28)51-46(53-47)49-29-12-14-30(15-13-29)54-55-32-16-20-38(60)36(21-32)44(64)65/h2-24,41,60H,1H3,(H,62,63)(H,64,65)(H,66,67,68)(H,69,70,71)(H,72,73,74)(H3,48,49,50,51,52,53)/b8-7+,55-54?,57-56?. The van der Waals surface area contributed by atoms with Gasteiger partial charge in [0.15, 0.2) is 6.04 Å². The number of anilines is 7. The zero-order valence-corrected chi connectivity index (χ0v) is 41.4. The number of carboxylic acids is 2. The van der Waals surface area contributed by atoms with Crippen LogP contribution in [0.3, 0.4) is 0 Å². The molecule has 0 saturated heterocycles. The molecule has 27 nitrogen and oxygen atoms in total. The predicted octanol–water partition coefficient (Wildman–Crippen LogP) is 8.41. The van der Waals surface area contributed by atoms with Crippen molar-refractivity contribution >= 4 is 124 Å². The van der Waals surface area contributed by atoms with Gasteiger partial charge in [-0.2, -0.15) is 70.8 Å². The molecule has 0 fully saturated rings. The number of hydrazone groups is 1. The van der Waals surface area contributed by atoms with E-state index in [2.05, 4.69) is 56.5 Å². The molecule has 1 atom stereocenters. The molecule has 9 N–H and O–H groups in total. The molecule has 0 radical (unpaired) electrons. The van der Waals surface area contributed by atoms with Gasteiger partial charge in [-0.3, -0.25) is 18.5 Å². The highest BCUT2D eigenvalue weighted by atomic mass is 32.2. The van der Waals surface area contributed by atoms with Crippen LogP contribution in [0, 0.1) is 0 Å². The first kappa shape index (κ1) is 53.6. The number of carboxylic acid groups (broad SMARTS) is 2. The summed E-state index contributed by atoms with van der Waals surface area (Å²) in [7, 11) is -14.9. The third-order valence-electron chi connectivity index (χ3n) is 10.7. The van der Waals surface area contributed by atoms with Crippen LogP contribution in [0.15, 0.2) is 168 Å². The molecule has 8 rings (SSSR count). The smallest absolute Gasteiger partial charge is 0.339 e. The highest BCUT2D eigenvalue weighted by molar-refractivity contribution is 7.86. The number of nitrogens with zero attached hydrogens (tertiary/aromatic N) is 9. The molecule has 1 aliphatic heterocycles. The molecule has 1 aliphatic rings. The van der Waals surface area contributed by atoms with E-state index in [1.807, 2.05) is 0 Å². The molecule has 30 heteroatoms. The van der Waals surface area contributed by atoms with Crippen LogP contribution in [-0.2, 0) is 35.1 Å². The summed E-state index contributed by atoms with van der Waals surface area (Å²) in [6.45, 7) is 1.36. The van der Waals surface area contributed by atoms with Crippen molar-refractivity contribution in [2.24, 2.45) is 25.6 Å². The van der Waals surface area contributed by atoms with Crippen LogP contribution in [0.2, 0.25) is 0 Å². The first-order chi connectivity index (χ1) is 36.4. The number of benzene rings is 6. The minimum atomic E-state index is -5.09. The molecule has 1 amide bonds. The number of hydrogen-bond acceptors (Lipinski definition) is 21. The third kappa shape index (κ3) is 13.0. The molecule has 0 spiro atoms. The van der Waals surface area contributed by atoms with Gasteiger partial charge in [0.2, 0.25) is 17.8 Å². The van der Waals surface area contributed by atoms with Gasteiger partial charge in [-0.15, -0.1) is 0 Å². The number of nitrogens with one attached hydrogen (secondary N) is 3. The molecule has 7 aromatic rings. The first-order valence-electron chi connectivity index (χ1n) is 21.7. The van der Waals surface area contributed by atoms with E-state index >= 15 is 0 Å². The molecular weight excluding hydrogens is 1070 g/mol. The van der Waals surface area contributed by atoms with E-state index in [4.69, 9.17) is 0 Å². The SMILES string of the molecule is CC1=NN(c2ccc(/C=C/c3ccc(Nc4nc(Nc5ccccc5)nc(Nc5ccc(N=Nc6ccc(O)c(C(=O)O)c6)cc5)n4)cc3S(=O)(=O)O)c(S(=O)(=O)O)c2)C(=O)C1N=Nc1ccc(S(=O)(=O)O)cc1C(=O)O. The van der Waals surface area contributed by atoms with Crippen molar-refractivity contribution < 1.29 is 68.6 Å². The number of phenols is 1. The summed E-state index contributed by atoms with van der Waals surface area (Å²) in [5.74, 6) is -4.38. The summed E-state index contributed by atoms with van der Waals surface area (Å²) >= 11 is 0. The second-order valence-electron chi connectivity index (χ2n) is 16.0. The summed E-state index contributed by atoms with van der Waals surface area (Å²) in [6.07, 6.45) is 2.24. The Morgan fingerprint density at radius 2 is 1.12 bits per heavy atom. The average molecular weight is 1110 g/mol. The van der Waals surface area contributed by atoms with Gasteiger partial charge in [0, 0.05) is 17.1 Å². The van der Waals surface area contributed by atoms with E-state index in [0.29, 0.717) is 23.1 Å². The molecule has 392 valence electrons. The Bertz CT molecular complexity index is 4010. The van der Waals surface area contributed by atoms with Crippen molar-refractivity contribution in [3.05, 3.63) is 150 Å². The fourth-order valence-corrected chi connectivity index (χ4v) is 8.95. The van der Waals surface area contributed by atoms with Crippen molar-refractivity contribution in [3.8, 4) is 5.75 Å². The fourth-order valence-electron chi connectivity index (χ4n) is 7.03. The number of aromatic nitrogens is 3. The summed E-state index contributed by atoms with van der Waals surface area (Å²) in [6, 6.07) is 26.9. The lowest BCUT2D eigenvalue weighted by Crippen LogP contribution is -2.29. The molecule has 0 saturated carbocycles. The van der Waals surface area contributed by atoms with E-state index in [9.17, 15) is 68.6 Å². The van der Waals surface area contributed by atoms with Crippen LogP contribution in [0.5, 0.6) is 5.75 Å². The Morgan fingerprint density at radius 3 is 1.70 bits per heavy atom. The van der Waals surface area contributed by atoms with E-state index in [0.717, 1.165) is 53.6 Å². The topological polar surface area (TPSA) is 415 Å². The Kier molecular flexibility index (Phi) is 15.0. The monoisotopic (exact) mass is 1100 g/mol. The fraction of sp³-hybridized carbons (Fsp3) is 0.0426. The van der Waals surface area contributed by atoms with Gasteiger partial charge in [-0.1, -0.05) is 42.5 Å². The van der Waals surface area contributed by atoms with Gasteiger partial charge in [-0.05, 0) is 115 Å². The lowest BCUT2D eigenvalue weighted by Gasteiger charge is -2.15. The van der Waals surface area contributed by atoms with E-state index in [1.165, 1.54) is 37.3 Å². The number of para-hydroxylation sites is 1. The number of carbonyl (C=O) groups excluding carboxylic acids is 1. The molecule has 1 unspecified atom stereocenters. The molecule has 6 aromatic carbocycles. The normalized spacial score (nSPS) is 14.1. The van der Waals surface area contributed by atoms with E-state index < -0.39 is 80.2 Å². The number of carbonyl (C=O) groups is 3. The molecule has 0 aliphatic carbocycles. The summed E-state index contributed by atoms with van der Waals surface area (Å²) < 4.78 is 104. The quantitative estimate of drug-likeness (QED) is 0.0221. The molecular formula is C47H36N12O15S3. The lowest BCUT2D eigenvalue weighted by molar-refractivity contribution is -0.117. The Labute approximate surface area is 435 Å². The highest BCUT2D eigenvalue weighted by Crippen LogP contribution is 2.33. The van der Waals surface area contributed by atoms with Crippen molar-refractivity contribution in [3.63, 3.8) is 0 Å². The van der Waals surface area contributed by atoms with Crippen molar-refractivity contribution in [1.82, 2.24) is 15.0 Å². The Hall–Kier alpha value is -9.72. The average Bonchev–Trinajstić information content (AvgIpc) is 3.73. The number of amides is 1. The van der Waals surface area contributed by atoms with Gasteiger partial charge in [0.1, 0.15) is 21.1 Å². The zero-order valence-electron chi connectivity index (χ0n) is 39.0. The summed E-state index contributed by atoms with van der Waals surface area (Å²) in [5, 5.41) is 58.3. The second-order valence-corrected chi connectivity index (χ2v) is 20.2. The molecule has 0 bridgehead atoms. The zero-order chi connectivity index (χ0) is 55.4. The van der Waals surface area contributed by atoms with Crippen LogP contribution in [-0.4, -0.2) is 98.8 Å². The van der Waals surface area contributed by atoms with Gasteiger partial charge >= 0.3 is 11.9 Å². The van der Waals surface area contributed by atoms with Crippen molar-refractivity contribution in [2.45, 2.75) is 27.7 Å². The minimum absolute atomic E-state index is 0.00233. The van der Waals surface area contributed by atoms with Gasteiger partial charge in [0.25, 0.3) is 36.3 Å². The second kappa shape index (κ2) is 21.6. The number of aromatic carboxylic acids is 2. The maximum atomic E-state index is 13.5. The van der Waals surface area contributed by atoms with Gasteiger partial charge in [0.05, 0.1) is 38.9 Å². The molecule has 2 heterocycles. The lowest BCUT2D eigenvalue weighted by atomic mass is 10.1. The number of azo groups is 2. The highest BCUT2D eigenvalue weighted by Gasteiger charge is 2.36. The largest absolute Gasteiger partial charge is 0.507 e. The van der Waals surface area contributed by atoms with Crippen LogP contribution in [0.25, 0.3) is 12.2 Å². The minimum Gasteiger partial charge on any atom is -0.507 e. The maximum Gasteiger partial charge on any atom is 0.339 e. The van der Waals surface area contributed by atoms with Crippen molar-refractivity contribution in [1.29, 1.82) is 0 Å². The summed E-state index contributed by atoms with van der Waals surface area (Å²) in [4.78, 5) is 47.8. The predicted molar refractivity (Wildman–Crippen MR) is 275 cm³/mol. The van der Waals surface area contributed by atoms with Crippen LogP contribution < -0.4 is 21.0 Å². The van der Waals surface area contributed by atoms with Crippen LogP contribution in [0.1, 0.15) is 38.8 Å². The Morgan fingerprint density at radius 1 is 0.584 bits per heavy atom. The number of hydrogen-bond donors (Lipinski definition) is 9. The Balaban J connectivity index is 1.03. The van der Waals surface area contributed by atoms with Crippen LogP contribution >= 0.6 is 0 Å². The van der Waals surface area contributed by atoms with E-state index in [-0.39, 0.29) is 63.0 Å². The number of rotatable bonds is 18. The molecule has 1 aromatic heterocycles. The first-order valence-corrected chi connectivity index (χ1v) is 26.0. The van der Waals surface area contributed by atoms with Crippen molar-refractivity contribution in [2.75, 3.05) is 21.0 Å². The van der Waals surface area contributed by atoms with Gasteiger partial charge < -0.3 is 31.3 Å². The summed E-state index contributed by atoms with van der Waals surface area (Å²) in [5.41, 5.74) is -0.307. The molecule has 77 heavy (non-hydrogen) atoms. The maximum absolute atomic E-state index is 13.5. The number of aromatic hydroxyl groups is 1. The van der Waals surface area contributed by atoms with Crippen LogP contribution in [0.4, 0.5) is 57.7 Å². The third-order valence-corrected chi connectivity index (χ3v) is 13.3. The van der Waals surface area contributed by atoms with E-state index in [1.54, 1.807) is 54.6 Å².